The molecule has 0 radical (unpaired) electrons. The molecule has 4 fully saturated rings. The van der Waals surface area contributed by atoms with Gasteiger partial charge in [0.05, 0.1) is 7.11 Å². The van der Waals surface area contributed by atoms with E-state index in [0.717, 1.165) is 50.4 Å². The van der Waals surface area contributed by atoms with Gasteiger partial charge in [-0.25, -0.2) is 0 Å². The summed E-state index contributed by atoms with van der Waals surface area (Å²) in [7, 11) is 1.78. The van der Waals surface area contributed by atoms with Gasteiger partial charge in [-0.3, -0.25) is 14.5 Å². The zero-order valence-electron chi connectivity index (χ0n) is 22.0. The minimum atomic E-state index is -0.209. The van der Waals surface area contributed by atoms with E-state index in [-0.39, 0.29) is 22.9 Å². The second kappa shape index (κ2) is 9.00. The molecular formula is C31H39N3O3. The lowest BCUT2D eigenvalue weighted by Crippen LogP contribution is -2.52. The highest BCUT2D eigenvalue weighted by Crippen LogP contribution is 2.58. The molecule has 1 aromatic carbocycles. The SMILES string of the molecule is COc1ccc2c(c1)C13CCCC4C1[C@H](CCC(C2)N(CC1CC1)CC3)CN4C(=O)c1cccc(=O)[nH]1. The first-order valence-electron chi connectivity index (χ1n) is 14.5. The first-order valence-corrected chi connectivity index (χ1v) is 14.5. The lowest BCUT2D eigenvalue weighted by atomic mass is 9.55. The average Bonchev–Trinajstić information content (AvgIpc) is 3.64. The van der Waals surface area contributed by atoms with E-state index in [1.165, 1.54) is 55.8 Å². The van der Waals surface area contributed by atoms with Crippen molar-refractivity contribution in [2.24, 2.45) is 17.8 Å². The number of hydrogen-bond acceptors (Lipinski definition) is 4. The zero-order chi connectivity index (χ0) is 25.1. The van der Waals surface area contributed by atoms with Gasteiger partial charge in [0.1, 0.15) is 11.4 Å². The topological polar surface area (TPSA) is 65.6 Å². The van der Waals surface area contributed by atoms with Crippen LogP contribution in [0.15, 0.2) is 41.2 Å². The Balaban J connectivity index is 1.33. The zero-order valence-corrected chi connectivity index (χ0v) is 22.0. The van der Waals surface area contributed by atoms with Gasteiger partial charge in [-0.15, -0.1) is 0 Å². The van der Waals surface area contributed by atoms with E-state index in [0.29, 0.717) is 23.6 Å². The van der Waals surface area contributed by atoms with Gasteiger partial charge in [-0.1, -0.05) is 18.6 Å². The molecule has 37 heavy (non-hydrogen) atoms. The number of likely N-dealkylation sites (tertiary alicyclic amines) is 1. The van der Waals surface area contributed by atoms with E-state index >= 15 is 0 Å². The number of rotatable bonds is 4. The van der Waals surface area contributed by atoms with E-state index in [9.17, 15) is 9.59 Å². The number of hydrogen-bond donors (Lipinski definition) is 1. The minimum Gasteiger partial charge on any atom is -0.497 e. The number of carbonyl (C=O) groups excluding carboxylic acids is 1. The number of methoxy groups -OCH3 is 1. The summed E-state index contributed by atoms with van der Waals surface area (Å²) in [5.41, 5.74) is 3.29. The van der Waals surface area contributed by atoms with Crippen LogP contribution in [-0.4, -0.2) is 59.5 Å². The van der Waals surface area contributed by atoms with Crippen molar-refractivity contribution >= 4 is 5.91 Å². The molecule has 8 rings (SSSR count). The molecule has 2 saturated heterocycles. The number of benzene rings is 1. The predicted molar refractivity (Wildman–Crippen MR) is 143 cm³/mol. The predicted octanol–water partition coefficient (Wildman–Crippen LogP) is 4.38. The molecule has 6 nitrogen and oxygen atoms in total. The number of ether oxygens (including phenoxy) is 1. The van der Waals surface area contributed by atoms with Crippen molar-refractivity contribution < 1.29 is 9.53 Å². The quantitative estimate of drug-likeness (QED) is 0.675. The molecule has 1 spiro atoms. The molecule has 196 valence electrons. The van der Waals surface area contributed by atoms with Gasteiger partial charge >= 0.3 is 0 Å². The van der Waals surface area contributed by atoms with Gasteiger partial charge in [0.25, 0.3) is 5.91 Å². The normalized spacial score (nSPS) is 33.1. The monoisotopic (exact) mass is 501 g/mol. The van der Waals surface area contributed by atoms with E-state index < -0.39 is 0 Å². The molecule has 3 aliphatic heterocycles. The van der Waals surface area contributed by atoms with Crippen LogP contribution in [0.3, 0.4) is 0 Å². The second-order valence-corrected chi connectivity index (χ2v) is 12.4. The summed E-state index contributed by atoms with van der Waals surface area (Å²) < 4.78 is 5.77. The van der Waals surface area contributed by atoms with Crippen LogP contribution in [0, 0.1) is 17.8 Å². The number of carbonyl (C=O) groups is 1. The largest absolute Gasteiger partial charge is 0.497 e. The molecule has 2 bridgehead atoms. The maximum absolute atomic E-state index is 13.8. The maximum atomic E-state index is 13.8. The third-order valence-corrected chi connectivity index (χ3v) is 10.5. The van der Waals surface area contributed by atoms with Crippen LogP contribution in [-0.2, 0) is 11.8 Å². The van der Waals surface area contributed by atoms with Gasteiger partial charge in [-0.2, -0.15) is 0 Å². The molecule has 6 aliphatic rings. The molecule has 2 aromatic rings. The fourth-order valence-electron chi connectivity index (χ4n) is 8.73. The van der Waals surface area contributed by atoms with Crippen molar-refractivity contribution in [2.45, 2.75) is 75.3 Å². The molecule has 3 aliphatic carbocycles. The minimum absolute atomic E-state index is 0.00195. The highest BCUT2D eigenvalue weighted by molar-refractivity contribution is 5.92. The van der Waals surface area contributed by atoms with Crippen molar-refractivity contribution in [3.8, 4) is 5.75 Å². The lowest BCUT2D eigenvalue weighted by Gasteiger charge is -2.51. The molecule has 1 amide bonds. The molecule has 6 heteroatoms. The third kappa shape index (κ3) is 3.94. The number of amides is 1. The Morgan fingerprint density at radius 3 is 2.81 bits per heavy atom. The molecule has 2 saturated carbocycles. The second-order valence-electron chi connectivity index (χ2n) is 12.4. The number of nitrogens with one attached hydrogen (secondary N) is 1. The van der Waals surface area contributed by atoms with E-state index in [2.05, 4.69) is 33.0 Å². The van der Waals surface area contributed by atoms with E-state index in [1.54, 1.807) is 19.2 Å². The smallest absolute Gasteiger partial charge is 0.270 e. The average molecular weight is 502 g/mol. The summed E-state index contributed by atoms with van der Waals surface area (Å²) in [5.74, 6) is 2.79. The molecule has 4 heterocycles. The van der Waals surface area contributed by atoms with Crippen molar-refractivity contribution in [1.29, 1.82) is 0 Å². The standard InChI is InChI=1S/C31H39N3O3/c1-37-24-12-10-21-16-23-11-9-22-19-34(30(36)26-4-2-6-28(35)32-26)27-5-3-13-31(29(22)27,25(21)17-24)14-15-33(23)18-20-7-8-20/h2,4,6,10,12,17,20,22-23,27,29H,3,5,7-9,11,13-16,18-19H2,1H3,(H,32,35)/t22-,23?,27?,29?,31?/m1/s1. The summed E-state index contributed by atoms with van der Waals surface area (Å²) in [6, 6.07) is 12.6. The van der Waals surface area contributed by atoms with E-state index in [1.807, 2.05) is 0 Å². The van der Waals surface area contributed by atoms with Crippen molar-refractivity contribution in [3.05, 3.63) is 63.6 Å². The highest BCUT2D eigenvalue weighted by atomic mass is 16.5. The molecule has 1 N–H and O–H groups in total. The Labute approximate surface area is 219 Å². The molecule has 4 unspecified atom stereocenters. The first kappa shape index (κ1) is 23.5. The Morgan fingerprint density at radius 2 is 2.00 bits per heavy atom. The van der Waals surface area contributed by atoms with E-state index in [4.69, 9.17) is 4.74 Å². The van der Waals surface area contributed by atoms with Crippen LogP contribution in [0.4, 0.5) is 0 Å². The molecule has 1 aromatic heterocycles. The number of aromatic amines is 1. The number of H-pyrrole nitrogens is 1. The Bertz CT molecular complexity index is 1250. The highest BCUT2D eigenvalue weighted by Gasteiger charge is 2.58. The Kier molecular flexibility index (Phi) is 5.72. The summed E-state index contributed by atoms with van der Waals surface area (Å²) in [5, 5.41) is 0. The summed E-state index contributed by atoms with van der Waals surface area (Å²) in [6.45, 7) is 3.23. The van der Waals surface area contributed by atoms with Crippen LogP contribution in [0.25, 0.3) is 0 Å². The molecule has 5 atom stereocenters. The van der Waals surface area contributed by atoms with Gasteiger partial charge < -0.3 is 14.6 Å². The van der Waals surface area contributed by atoms with Crippen molar-refractivity contribution in [3.63, 3.8) is 0 Å². The number of nitrogens with zero attached hydrogens (tertiary/aromatic N) is 2. The fraction of sp³-hybridized carbons (Fsp3) is 0.613. The van der Waals surface area contributed by atoms with Gasteiger partial charge in [0, 0.05) is 36.7 Å². The lowest BCUT2D eigenvalue weighted by molar-refractivity contribution is 0.0541. The summed E-state index contributed by atoms with van der Waals surface area (Å²) in [6.07, 6.45) is 10.8. The number of pyridine rings is 1. The van der Waals surface area contributed by atoms with Crippen LogP contribution in [0.5, 0.6) is 5.75 Å². The van der Waals surface area contributed by atoms with Gasteiger partial charge in [-0.05, 0) is 105 Å². The summed E-state index contributed by atoms with van der Waals surface area (Å²) >= 11 is 0. The van der Waals surface area contributed by atoms with Crippen LogP contribution in [0.2, 0.25) is 0 Å². The number of fused-ring (bicyclic) bond motifs is 3. The number of aromatic nitrogens is 1. The fourth-order valence-corrected chi connectivity index (χ4v) is 8.73. The Hall–Kier alpha value is -2.60. The van der Waals surface area contributed by atoms with Crippen LogP contribution in [0.1, 0.15) is 73.0 Å². The van der Waals surface area contributed by atoms with Crippen molar-refractivity contribution in [2.75, 3.05) is 26.7 Å². The third-order valence-electron chi connectivity index (χ3n) is 10.5. The van der Waals surface area contributed by atoms with Gasteiger partial charge in [0.2, 0.25) is 5.56 Å². The van der Waals surface area contributed by atoms with Crippen LogP contribution < -0.4 is 10.3 Å². The Morgan fingerprint density at radius 1 is 1.11 bits per heavy atom. The maximum Gasteiger partial charge on any atom is 0.270 e. The van der Waals surface area contributed by atoms with Crippen molar-refractivity contribution in [1.82, 2.24) is 14.8 Å². The summed E-state index contributed by atoms with van der Waals surface area (Å²) in [4.78, 5) is 33.6. The van der Waals surface area contributed by atoms with Gasteiger partial charge in [0.15, 0.2) is 0 Å². The first-order chi connectivity index (χ1) is 18.1. The molecular weight excluding hydrogens is 462 g/mol. The van der Waals surface area contributed by atoms with Crippen LogP contribution >= 0.6 is 0 Å².